The van der Waals surface area contributed by atoms with E-state index in [1.165, 1.54) is 0 Å². The van der Waals surface area contributed by atoms with Crippen LogP contribution in [0.4, 0.5) is 13.2 Å². The second kappa shape index (κ2) is 9.03. The van der Waals surface area contributed by atoms with E-state index in [9.17, 15) is 22.8 Å². The molecule has 0 aliphatic heterocycles. The van der Waals surface area contributed by atoms with E-state index in [1.54, 1.807) is 24.5 Å². The van der Waals surface area contributed by atoms with Gasteiger partial charge in [-0.2, -0.15) is 13.2 Å². The summed E-state index contributed by atoms with van der Waals surface area (Å²) in [6.07, 6.45) is 1.55. The van der Waals surface area contributed by atoms with Crippen LogP contribution in [-0.2, 0) is 17.5 Å². The Bertz CT molecular complexity index is 838. The lowest BCUT2D eigenvalue weighted by Gasteiger charge is -2.19. The molecule has 9 heteroatoms. The summed E-state index contributed by atoms with van der Waals surface area (Å²) >= 11 is 5.61. The quantitative estimate of drug-likeness (QED) is 0.763. The van der Waals surface area contributed by atoms with Gasteiger partial charge in [-0.3, -0.25) is 14.6 Å². The molecule has 1 atom stereocenters. The zero-order valence-electron chi connectivity index (χ0n) is 14.6. The van der Waals surface area contributed by atoms with E-state index in [4.69, 9.17) is 11.6 Å². The van der Waals surface area contributed by atoms with Crippen LogP contribution in [0.2, 0.25) is 5.02 Å². The summed E-state index contributed by atoms with van der Waals surface area (Å²) in [6.45, 7) is 1.44. The molecule has 0 saturated heterocycles. The SMILES string of the molecule is CCCC[C@@H](NC(=O)Cn1cc(C(F)(F)F)cc(Cl)c1=O)c1cccnc1. The number of rotatable bonds is 7. The van der Waals surface area contributed by atoms with E-state index in [0.29, 0.717) is 23.3 Å². The fraction of sp³-hybridized carbons (Fsp3) is 0.389. The molecule has 2 heterocycles. The Morgan fingerprint density at radius 2 is 2.15 bits per heavy atom. The van der Waals surface area contributed by atoms with E-state index < -0.39 is 34.8 Å². The molecule has 0 radical (unpaired) electrons. The minimum Gasteiger partial charge on any atom is -0.348 e. The van der Waals surface area contributed by atoms with E-state index in [1.807, 2.05) is 6.92 Å². The summed E-state index contributed by atoms with van der Waals surface area (Å²) < 4.78 is 39.4. The highest BCUT2D eigenvalue weighted by Crippen LogP contribution is 2.29. The lowest BCUT2D eigenvalue weighted by molar-refractivity contribution is -0.138. The van der Waals surface area contributed by atoms with Gasteiger partial charge in [0.25, 0.3) is 5.56 Å². The lowest BCUT2D eigenvalue weighted by Crippen LogP contribution is -2.35. The first-order valence-electron chi connectivity index (χ1n) is 8.38. The van der Waals surface area contributed by atoms with Gasteiger partial charge in [0.15, 0.2) is 0 Å². The van der Waals surface area contributed by atoms with E-state index in [-0.39, 0.29) is 6.04 Å². The Morgan fingerprint density at radius 3 is 2.74 bits per heavy atom. The molecule has 2 aromatic heterocycles. The number of aromatic nitrogens is 2. The molecule has 2 aromatic rings. The molecule has 0 bridgehead atoms. The summed E-state index contributed by atoms with van der Waals surface area (Å²) in [7, 11) is 0. The van der Waals surface area contributed by atoms with Crippen LogP contribution >= 0.6 is 11.6 Å². The van der Waals surface area contributed by atoms with Gasteiger partial charge in [-0.1, -0.05) is 37.4 Å². The monoisotopic (exact) mass is 401 g/mol. The number of alkyl halides is 3. The maximum Gasteiger partial charge on any atom is 0.417 e. The average Bonchev–Trinajstić information content (AvgIpc) is 2.62. The molecule has 2 rings (SSSR count). The van der Waals surface area contributed by atoms with Crippen LogP contribution in [0.1, 0.15) is 43.4 Å². The third-order valence-electron chi connectivity index (χ3n) is 3.95. The zero-order valence-corrected chi connectivity index (χ0v) is 15.3. The van der Waals surface area contributed by atoms with E-state index >= 15 is 0 Å². The molecule has 0 aliphatic carbocycles. The van der Waals surface area contributed by atoms with Crippen molar-refractivity contribution in [2.24, 2.45) is 0 Å². The van der Waals surface area contributed by atoms with Crippen LogP contribution in [0, 0.1) is 0 Å². The molecule has 5 nitrogen and oxygen atoms in total. The molecule has 0 aliphatic rings. The molecule has 1 amide bonds. The highest BCUT2D eigenvalue weighted by Gasteiger charge is 2.32. The Kier molecular flexibility index (Phi) is 7.01. The lowest BCUT2D eigenvalue weighted by atomic mass is 10.0. The molecule has 0 unspecified atom stereocenters. The zero-order chi connectivity index (χ0) is 20.0. The predicted octanol–water partition coefficient (Wildman–Crippen LogP) is 3.96. The van der Waals surface area contributed by atoms with Crippen LogP contribution in [0.3, 0.4) is 0 Å². The van der Waals surface area contributed by atoms with Gasteiger partial charge in [0.2, 0.25) is 5.91 Å². The maximum atomic E-state index is 12.9. The molecule has 27 heavy (non-hydrogen) atoms. The van der Waals surface area contributed by atoms with Crippen molar-refractivity contribution in [3.8, 4) is 0 Å². The van der Waals surface area contributed by atoms with Gasteiger partial charge in [0.1, 0.15) is 11.6 Å². The third-order valence-corrected chi connectivity index (χ3v) is 4.22. The van der Waals surface area contributed by atoms with Crippen molar-refractivity contribution in [2.45, 2.75) is 44.9 Å². The predicted molar refractivity (Wildman–Crippen MR) is 95.4 cm³/mol. The van der Waals surface area contributed by atoms with E-state index in [0.717, 1.165) is 18.4 Å². The minimum atomic E-state index is -4.67. The van der Waals surface area contributed by atoms with Crippen molar-refractivity contribution in [1.82, 2.24) is 14.9 Å². The van der Waals surface area contributed by atoms with Gasteiger partial charge in [0, 0.05) is 18.6 Å². The summed E-state index contributed by atoms with van der Waals surface area (Å²) in [5.41, 5.74) is -1.16. The van der Waals surface area contributed by atoms with Crippen molar-refractivity contribution < 1.29 is 18.0 Å². The summed E-state index contributed by atoms with van der Waals surface area (Å²) in [4.78, 5) is 28.4. The number of nitrogens with zero attached hydrogens (tertiary/aromatic N) is 2. The molecule has 0 saturated carbocycles. The van der Waals surface area contributed by atoms with Crippen molar-refractivity contribution in [3.63, 3.8) is 0 Å². The molecule has 146 valence electrons. The smallest absolute Gasteiger partial charge is 0.348 e. The first-order valence-corrected chi connectivity index (χ1v) is 8.76. The Hall–Kier alpha value is -2.35. The number of nitrogens with one attached hydrogen (secondary N) is 1. The number of hydrogen-bond donors (Lipinski definition) is 1. The average molecular weight is 402 g/mol. The van der Waals surface area contributed by atoms with Gasteiger partial charge in [0.05, 0.1) is 11.6 Å². The van der Waals surface area contributed by atoms with Crippen LogP contribution in [-0.4, -0.2) is 15.5 Å². The topological polar surface area (TPSA) is 64.0 Å². The molecule has 0 fully saturated rings. The number of pyridine rings is 2. The highest BCUT2D eigenvalue weighted by molar-refractivity contribution is 6.30. The maximum absolute atomic E-state index is 12.9. The van der Waals surface area contributed by atoms with Crippen LogP contribution in [0.5, 0.6) is 0 Å². The Morgan fingerprint density at radius 1 is 1.41 bits per heavy atom. The molecule has 1 N–H and O–H groups in total. The number of hydrogen-bond acceptors (Lipinski definition) is 3. The number of carbonyl (C=O) groups excluding carboxylic acids is 1. The van der Waals surface area contributed by atoms with E-state index in [2.05, 4.69) is 10.3 Å². The fourth-order valence-corrected chi connectivity index (χ4v) is 2.81. The number of carbonyl (C=O) groups is 1. The van der Waals surface area contributed by atoms with Crippen molar-refractivity contribution >= 4 is 17.5 Å². The van der Waals surface area contributed by atoms with Gasteiger partial charge in [-0.05, 0) is 24.1 Å². The molecular weight excluding hydrogens is 383 g/mol. The Balaban J connectivity index is 2.20. The van der Waals surface area contributed by atoms with Crippen LogP contribution < -0.4 is 10.9 Å². The number of halogens is 4. The van der Waals surface area contributed by atoms with Gasteiger partial charge < -0.3 is 9.88 Å². The second-order valence-electron chi connectivity index (χ2n) is 6.06. The summed E-state index contributed by atoms with van der Waals surface area (Å²) in [5.74, 6) is -0.586. The van der Waals surface area contributed by atoms with Crippen molar-refractivity contribution in [1.29, 1.82) is 0 Å². The minimum absolute atomic E-state index is 0.344. The van der Waals surface area contributed by atoms with Crippen LogP contribution in [0.25, 0.3) is 0 Å². The molecule has 0 aromatic carbocycles. The summed E-state index contributed by atoms with van der Waals surface area (Å²) in [6, 6.07) is 3.75. The normalized spacial score (nSPS) is 12.6. The number of amides is 1. The third kappa shape index (κ3) is 5.82. The standard InChI is InChI=1S/C18H19ClF3N3O2/c1-2-3-6-15(12-5-4-7-23-9-12)24-16(26)11-25-10-13(18(20,21)22)8-14(19)17(25)27/h4-5,7-10,15H,2-3,6,11H2,1H3,(H,24,26)/t15-/m1/s1. The largest absolute Gasteiger partial charge is 0.417 e. The van der Waals surface area contributed by atoms with Crippen molar-refractivity contribution in [3.05, 3.63) is 63.3 Å². The Labute approximate surface area is 159 Å². The molecule has 0 spiro atoms. The van der Waals surface area contributed by atoms with Gasteiger partial charge in [-0.25, -0.2) is 0 Å². The highest BCUT2D eigenvalue weighted by atomic mass is 35.5. The first-order chi connectivity index (χ1) is 12.7. The first kappa shape index (κ1) is 21.0. The van der Waals surface area contributed by atoms with Crippen molar-refractivity contribution in [2.75, 3.05) is 0 Å². The van der Waals surface area contributed by atoms with Gasteiger partial charge >= 0.3 is 6.18 Å². The fourth-order valence-electron chi connectivity index (χ4n) is 2.58. The number of unbranched alkanes of at least 4 members (excludes halogenated alkanes) is 1. The van der Waals surface area contributed by atoms with Crippen LogP contribution in [0.15, 0.2) is 41.6 Å². The van der Waals surface area contributed by atoms with Gasteiger partial charge in [-0.15, -0.1) is 0 Å². The summed E-state index contributed by atoms with van der Waals surface area (Å²) in [5, 5.41) is 2.17. The second-order valence-corrected chi connectivity index (χ2v) is 6.46. The molecular formula is C18H19ClF3N3O2.